The molecular formula is C15H21ClF2N2O. The number of hydrogen-bond acceptors (Lipinski definition) is 2. The van der Waals surface area contributed by atoms with Gasteiger partial charge in [0.2, 0.25) is 5.91 Å². The zero-order chi connectivity index (χ0) is 14.9. The minimum atomic E-state index is -0.675. The van der Waals surface area contributed by atoms with Crippen LogP contribution in [-0.4, -0.2) is 29.9 Å². The van der Waals surface area contributed by atoms with Crippen LogP contribution in [-0.2, 0) is 11.2 Å². The first-order valence-electron chi connectivity index (χ1n) is 6.77. The van der Waals surface area contributed by atoms with Gasteiger partial charge in [0, 0.05) is 25.2 Å². The first-order chi connectivity index (χ1) is 9.29. The van der Waals surface area contributed by atoms with Crippen molar-refractivity contribution >= 4 is 18.3 Å². The van der Waals surface area contributed by atoms with E-state index in [0.29, 0.717) is 13.1 Å². The van der Waals surface area contributed by atoms with Crippen molar-refractivity contribution in [1.29, 1.82) is 0 Å². The largest absolute Gasteiger partial charge is 0.342 e. The zero-order valence-corrected chi connectivity index (χ0v) is 13.1. The minimum absolute atomic E-state index is 0. The molecule has 0 bridgehead atoms. The molecule has 1 unspecified atom stereocenters. The Hall–Kier alpha value is -1.20. The Morgan fingerprint density at radius 3 is 2.67 bits per heavy atom. The third-order valence-electron chi connectivity index (χ3n) is 4.02. The molecule has 1 heterocycles. The summed E-state index contributed by atoms with van der Waals surface area (Å²) in [7, 11) is 0. The number of piperidine rings is 1. The first-order valence-corrected chi connectivity index (χ1v) is 6.77. The second kappa shape index (κ2) is 6.71. The monoisotopic (exact) mass is 318 g/mol. The minimum Gasteiger partial charge on any atom is -0.342 e. The number of carbonyl (C=O) groups is 1. The number of nitrogens with two attached hydrogens (primary N) is 1. The lowest BCUT2D eigenvalue weighted by molar-refractivity contribution is -0.133. The summed E-state index contributed by atoms with van der Waals surface area (Å²) in [5.41, 5.74) is 6.11. The third kappa shape index (κ3) is 4.14. The Balaban J connectivity index is 0.00000220. The summed E-state index contributed by atoms with van der Waals surface area (Å²) in [4.78, 5) is 13.9. The van der Waals surface area contributed by atoms with E-state index in [1.54, 1.807) is 4.90 Å². The summed E-state index contributed by atoms with van der Waals surface area (Å²) in [5.74, 6) is -1.45. The molecule has 0 spiro atoms. The van der Waals surface area contributed by atoms with E-state index in [1.807, 2.05) is 13.8 Å². The second-order valence-corrected chi connectivity index (χ2v) is 6.11. The Bertz CT molecular complexity index is 522. The lowest BCUT2D eigenvalue weighted by atomic mass is 9.79. The van der Waals surface area contributed by atoms with Gasteiger partial charge in [-0.15, -0.1) is 12.4 Å². The normalized spacial score (nSPS) is 20.8. The quantitative estimate of drug-likeness (QED) is 0.910. The predicted molar refractivity (Wildman–Crippen MR) is 80.3 cm³/mol. The highest BCUT2D eigenvalue weighted by molar-refractivity contribution is 5.85. The molecule has 1 aliphatic heterocycles. The van der Waals surface area contributed by atoms with Gasteiger partial charge in [0.1, 0.15) is 11.6 Å². The standard InChI is InChI=1S/C15H20F2N2O.ClH/c1-15(2)9-19(6-5-13(15)18)14(20)7-10-3-4-11(16)8-12(10)17;/h3-4,8,13H,5-7,9,18H2,1-2H3;1H. The van der Waals surface area contributed by atoms with Crippen molar-refractivity contribution in [3.8, 4) is 0 Å². The van der Waals surface area contributed by atoms with Gasteiger partial charge in [-0.3, -0.25) is 4.79 Å². The summed E-state index contributed by atoms with van der Waals surface area (Å²) in [5, 5.41) is 0. The fourth-order valence-corrected chi connectivity index (χ4v) is 2.53. The Labute approximate surface area is 129 Å². The summed E-state index contributed by atoms with van der Waals surface area (Å²) in [6.45, 7) is 5.20. The number of amides is 1. The lowest BCUT2D eigenvalue weighted by Gasteiger charge is -2.42. The van der Waals surface area contributed by atoms with E-state index in [2.05, 4.69) is 0 Å². The van der Waals surface area contributed by atoms with Crippen LogP contribution >= 0.6 is 12.4 Å². The van der Waals surface area contributed by atoms with Gasteiger partial charge in [0.25, 0.3) is 0 Å². The number of carbonyl (C=O) groups excluding carboxylic acids is 1. The highest BCUT2D eigenvalue weighted by Crippen LogP contribution is 2.28. The second-order valence-electron chi connectivity index (χ2n) is 6.11. The van der Waals surface area contributed by atoms with Crippen molar-refractivity contribution in [2.24, 2.45) is 11.1 Å². The number of hydrogen-bond donors (Lipinski definition) is 1. The first kappa shape index (κ1) is 17.9. The number of nitrogens with zero attached hydrogens (tertiary/aromatic N) is 1. The molecule has 1 fully saturated rings. The summed E-state index contributed by atoms with van der Waals surface area (Å²) < 4.78 is 26.4. The Morgan fingerprint density at radius 2 is 2.10 bits per heavy atom. The molecule has 3 nitrogen and oxygen atoms in total. The molecule has 118 valence electrons. The SMILES string of the molecule is CC1(C)CN(C(=O)Cc2ccc(F)cc2F)CCC1N.Cl. The number of halogens is 3. The molecule has 0 radical (unpaired) electrons. The van der Waals surface area contributed by atoms with E-state index >= 15 is 0 Å². The molecular weight excluding hydrogens is 298 g/mol. The molecule has 1 saturated heterocycles. The number of rotatable bonds is 2. The summed E-state index contributed by atoms with van der Waals surface area (Å²) >= 11 is 0. The smallest absolute Gasteiger partial charge is 0.227 e. The van der Waals surface area contributed by atoms with Crippen LogP contribution in [0.2, 0.25) is 0 Å². The maximum absolute atomic E-state index is 13.6. The van der Waals surface area contributed by atoms with Gasteiger partial charge in [-0.05, 0) is 23.5 Å². The number of benzene rings is 1. The third-order valence-corrected chi connectivity index (χ3v) is 4.02. The van der Waals surface area contributed by atoms with E-state index in [9.17, 15) is 13.6 Å². The molecule has 0 saturated carbocycles. The molecule has 1 aromatic rings. The maximum atomic E-state index is 13.6. The van der Waals surface area contributed by atoms with Crippen molar-refractivity contribution in [2.75, 3.05) is 13.1 Å². The topological polar surface area (TPSA) is 46.3 Å². The van der Waals surface area contributed by atoms with E-state index in [4.69, 9.17) is 5.73 Å². The lowest BCUT2D eigenvalue weighted by Crippen LogP contribution is -2.54. The zero-order valence-electron chi connectivity index (χ0n) is 12.2. The fraction of sp³-hybridized carbons (Fsp3) is 0.533. The predicted octanol–water partition coefficient (Wildman–Crippen LogP) is 2.51. The summed E-state index contributed by atoms with van der Waals surface area (Å²) in [6.07, 6.45) is 0.696. The Morgan fingerprint density at radius 1 is 1.43 bits per heavy atom. The van der Waals surface area contributed by atoms with Gasteiger partial charge in [-0.1, -0.05) is 19.9 Å². The molecule has 1 aromatic carbocycles. The molecule has 1 aliphatic rings. The van der Waals surface area contributed by atoms with Crippen molar-refractivity contribution < 1.29 is 13.6 Å². The molecule has 2 rings (SSSR count). The van der Waals surface area contributed by atoms with Crippen LogP contribution in [0.15, 0.2) is 18.2 Å². The van der Waals surface area contributed by atoms with Gasteiger partial charge in [0.15, 0.2) is 0 Å². The van der Waals surface area contributed by atoms with Crippen LogP contribution in [0.1, 0.15) is 25.8 Å². The van der Waals surface area contributed by atoms with Gasteiger partial charge in [-0.25, -0.2) is 8.78 Å². The van der Waals surface area contributed by atoms with E-state index in [1.165, 1.54) is 12.1 Å². The van der Waals surface area contributed by atoms with E-state index in [-0.39, 0.29) is 41.8 Å². The van der Waals surface area contributed by atoms with Crippen molar-refractivity contribution in [2.45, 2.75) is 32.7 Å². The molecule has 0 aliphatic carbocycles. The maximum Gasteiger partial charge on any atom is 0.227 e. The van der Waals surface area contributed by atoms with Crippen LogP contribution in [0.4, 0.5) is 8.78 Å². The average Bonchev–Trinajstić information content (AvgIpc) is 2.36. The molecule has 0 aromatic heterocycles. The summed E-state index contributed by atoms with van der Waals surface area (Å²) in [6, 6.07) is 3.36. The molecule has 2 N–H and O–H groups in total. The molecule has 1 atom stereocenters. The average molecular weight is 319 g/mol. The van der Waals surface area contributed by atoms with Crippen LogP contribution in [0.25, 0.3) is 0 Å². The Kier molecular flexibility index (Phi) is 5.70. The molecule has 21 heavy (non-hydrogen) atoms. The van der Waals surface area contributed by atoms with Crippen molar-refractivity contribution in [3.05, 3.63) is 35.4 Å². The van der Waals surface area contributed by atoms with Crippen LogP contribution < -0.4 is 5.73 Å². The van der Waals surface area contributed by atoms with Crippen molar-refractivity contribution in [3.63, 3.8) is 0 Å². The van der Waals surface area contributed by atoms with Crippen LogP contribution in [0.3, 0.4) is 0 Å². The van der Waals surface area contributed by atoms with Crippen molar-refractivity contribution in [1.82, 2.24) is 4.90 Å². The van der Waals surface area contributed by atoms with Gasteiger partial charge >= 0.3 is 0 Å². The van der Waals surface area contributed by atoms with Gasteiger partial charge in [-0.2, -0.15) is 0 Å². The molecule has 1 amide bonds. The van der Waals surface area contributed by atoms with Crippen LogP contribution in [0, 0.1) is 17.0 Å². The van der Waals surface area contributed by atoms with E-state index < -0.39 is 11.6 Å². The van der Waals surface area contributed by atoms with E-state index in [0.717, 1.165) is 12.5 Å². The highest BCUT2D eigenvalue weighted by atomic mass is 35.5. The highest BCUT2D eigenvalue weighted by Gasteiger charge is 2.35. The van der Waals surface area contributed by atoms with Gasteiger partial charge < -0.3 is 10.6 Å². The van der Waals surface area contributed by atoms with Crippen LogP contribution in [0.5, 0.6) is 0 Å². The van der Waals surface area contributed by atoms with Gasteiger partial charge in [0.05, 0.1) is 6.42 Å². The molecule has 6 heteroatoms. The number of likely N-dealkylation sites (tertiary alicyclic amines) is 1. The fourth-order valence-electron chi connectivity index (χ4n) is 2.53.